The van der Waals surface area contributed by atoms with E-state index in [9.17, 15) is 39.2 Å². The van der Waals surface area contributed by atoms with E-state index in [2.05, 4.69) is 5.32 Å². The maximum absolute atomic E-state index is 14.1. The normalized spacial score (nSPS) is 23.6. The number of carbonyl (C=O) groups excluding carboxylic acids is 3. The van der Waals surface area contributed by atoms with Crippen molar-refractivity contribution in [1.29, 1.82) is 0 Å². The number of rotatable bonds is 8. The van der Waals surface area contributed by atoms with Crippen molar-refractivity contribution in [3.8, 4) is 22.6 Å². The SMILES string of the molecule is COc1ccc(CNCc2cccc(F)c2)cc1-c1ccc(O)c2c1C[C@@H]1C[C@@H]3C(N(C)C)C(=O)C(C(N)=O)=C(O)[C@]3(O)C(=O)C1=C2O. The van der Waals surface area contributed by atoms with Crippen molar-refractivity contribution in [3.63, 3.8) is 0 Å². The molecule has 0 saturated heterocycles. The summed E-state index contributed by atoms with van der Waals surface area (Å²) < 4.78 is 19.3. The Bertz CT molecular complexity index is 1940. The Labute approximate surface area is 275 Å². The first-order valence-electron chi connectivity index (χ1n) is 15.4. The number of hydrogen-bond donors (Lipinski definition) is 6. The molecule has 48 heavy (non-hydrogen) atoms. The molecule has 0 spiro atoms. The molecule has 250 valence electrons. The zero-order chi connectivity index (χ0) is 34.7. The lowest BCUT2D eigenvalue weighted by Gasteiger charge is -2.50. The van der Waals surface area contributed by atoms with Crippen LogP contribution < -0.4 is 15.8 Å². The first-order chi connectivity index (χ1) is 22.8. The monoisotopic (exact) mass is 657 g/mol. The van der Waals surface area contributed by atoms with Crippen LogP contribution in [0.15, 0.2) is 71.5 Å². The molecule has 7 N–H and O–H groups in total. The molecule has 1 amide bonds. The zero-order valence-electron chi connectivity index (χ0n) is 26.6. The lowest BCUT2D eigenvalue weighted by Crippen LogP contribution is -2.65. The molecule has 1 unspecified atom stereocenters. The van der Waals surface area contributed by atoms with Crippen LogP contribution in [0.4, 0.5) is 4.39 Å². The largest absolute Gasteiger partial charge is 0.508 e. The van der Waals surface area contributed by atoms with E-state index in [0.717, 1.165) is 11.1 Å². The molecule has 6 rings (SSSR count). The molecule has 12 heteroatoms. The van der Waals surface area contributed by atoms with Gasteiger partial charge in [-0.25, -0.2) is 4.39 Å². The number of carbonyl (C=O) groups is 3. The molecule has 11 nitrogen and oxygen atoms in total. The molecule has 1 fully saturated rings. The van der Waals surface area contributed by atoms with Gasteiger partial charge in [-0.2, -0.15) is 0 Å². The van der Waals surface area contributed by atoms with E-state index in [4.69, 9.17) is 10.5 Å². The van der Waals surface area contributed by atoms with Crippen molar-refractivity contribution in [1.82, 2.24) is 10.2 Å². The van der Waals surface area contributed by atoms with E-state index < -0.39 is 58.0 Å². The van der Waals surface area contributed by atoms with Crippen LogP contribution in [-0.4, -0.2) is 75.6 Å². The van der Waals surface area contributed by atoms with Gasteiger partial charge in [-0.05, 0) is 85.4 Å². The maximum atomic E-state index is 14.1. The first-order valence-corrected chi connectivity index (χ1v) is 15.4. The van der Waals surface area contributed by atoms with Gasteiger partial charge in [0.15, 0.2) is 11.4 Å². The minimum absolute atomic E-state index is 0.0134. The number of ether oxygens (including phenoxy) is 1. The number of benzene rings is 3. The highest BCUT2D eigenvalue weighted by Gasteiger charge is 2.64. The molecule has 3 aromatic carbocycles. The number of phenols is 1. The number of primary amides is 1. The number of nitrogens with one attached hydrogen (secondary N) is 1. The van der Waals surface area contributed by atoms with E-state index in [1.807, 2.05) is 18.2 Å². The molecular formula is C36H36FN3O8. The predicted molar refractivity (Wildman–Crippen MR) is 173 cm³/mol. The number of nitrogens with two attached hydrogens (primary N) is 1. The number of fused-ring (bicyclic) bond motifs is 3. The number of nitrogens with zero attached hydrogens (tertiary/aromatic N) is 1. The third-order valence-corrected chi connectivity index (χ3v) is 9.71. The fraction of sp³-hybridized carbons (Fsp3) is 0.306. The van der Waals surface area contributed by atoms with E-state index >= 15 is 0 Å². The topological polar surface area (TPSA) is 183 Å². The smallest absolute Gasteiger partial charge is 0.255 e. The summed E-state index contributed by atoms with van der Waals surface area (Å²) >= 11 is 0. The van der Waals surface area contributed by atoms with Crippen LogP contribution >= 0.6 is 0 Å². The van der Waals surface area contributed by atoms with Gasteiger partial charge in [-0.3, -0.25) is 19.3 Å². The summed E-state index contributed by atoms with van der Waals surface area (Å²) in [4.78, 5) is 41.2. The Hall–Kier alpha value is -5.04. The quantitative estimate of drug-likeness (QED) is 0.197. The Morgan fingerprint density at radius 3 is 2.40 bits per heavy atom. The van der Waals surface area contributed by atoms with Gasteiger partial charge in [0.2, 0.25) is 5.78 Å². The number of likely N-dealkylation sites (N-methyl/N-ethyl adjacent to an activating group) is 1. The molecule has 1 saturated carbocycles. The third kappa shape index (κ3) is 5.13. The molecule has 3 aliphatic rings. The van der Waals surface area contributed by atoms with Gasteiger partial charge < -0.3 is 36.2 Å². The lowest BCUT2D eigenvalue weighted by atomic mass is 9.57. The van der Waals surface area contributed by atoms with Gasteiger partial charge in [-0.1, -0.05) is 24.3 Å². The summed E-state index contributed by atoms with van der Waals surface area (Å²) in [6.07, 6.45) is 0.103. The highest BCUT2D eigenvalue weighted by atomic mass is 19.1. The number of amides is 1. The van der Waals surface area contributed by atoms with E-state index in [0.29, 0.717) is 35.5 Å². The van der Waals surface area contributed by atoms with Crippen LogP contribution in [-0.2, 0) is 33.9 Å². The number of aromatic hydroxyl groups is 1. The molecule has 0 aliphatic heterocycles. The molecule has 0 aromatic heterocycles. The number of hydrogen-bond acceptors (Lipinski definition) is 10. The number of aliphatic hydroxyl groups excluding tert-OH is 2. The van der Waals surface area contributed by atoms with Crippen molar-refractivity contribution in [2.24, 2.45) is 17.6 Å². The molecule has 3 aliphatic carbocycles. The Balaban J connectivity index is 1.43. The fourth-order valence-corrected chi connectivity index (χ4v) is 7.57. The standard InChI is InChI=1S/C36H36FN3O8/c1-40(2)30-24-14-19-13-23-21(22-12-18(7-10-26(22)48-3)16-39-15-17-5-4-6-20(37)11-17)8-9-25(41)28(23)31(42)27(19)33(44)36(24,47)34(45)29(32(30)43)35(38)46/h4-12,19,24,30,39,41-42,45,47H,13-16H2,1-3H3,(H2,38,46)/t19-,24-,30?,36-/m1/s1. The number of Topliss-reactive ketones (excluding diaryl/α,β-unsaturated/α-hetero) is 2. The molecule has 0 heterocycles. The third-order valence-electron chi connectivity index (χ3n) is 9.71. The average molecular weight is 658 g/mol. The molecule has 0 bridgehead atoms. The Morgan fingerprint density at radius 1 is 1.04 bits per heavy atom. The summed E-state index contributed by atoms with van der Waals surface area (Å²) in [6, 6.07) is 13.8. The minimum atomic E-state index is -2.71. The van der Waals surface area contributed by atoms with Crippen LogP contribution in [0.5, 0.6) is 11.5 Å². The predicted octanol–water partition coefficient (Wildman–Crippen LogP) is 3.07. The summed E-state index contributed by atoms with van der Waals surface area (Å²) in [5.74, 6) is -6.91. The van der Waals surface area contributed by atoms with Crippen molar-refractivity contribution in [2.75, 3.05) is 21.2 Å². The Kier molecular flexibility index (Phi) is 8.36. The second kappa shape index (κ2) is 12.2. The number of phenolic OH excluding ortho intramolecular Hbond substituents is 1. The highest BCUT2D eigenvalue weighted by Crippen LogP contribution is 2.54. The number of ketones is 2. The van der Waals surface area contributed by atoms with Crippen LogP contribution in [0.25, 0.3) is 16.9 Å². The van der Waals surface area contributed by atoms with Crippen molar-refractivity contribution in [3.05, 3.63) is 99.6 Å². The van der Waals surface area contributed by atoms with Crippen molar-refractivity contribution >= 4 is 23.2 Å². The Morgan fingerprint density at radius 2 is 1.75 bits per heavy atom. The molecule has 4 atom stereocenters. The van der Waals surface area contributed by atoms with Gasteiger partial charge in [-0.15, -0.1) is 0 Å². The fourth-order valence-electron chi connectivity index (χ4n) is 7.57. The highest BCUT2D eigenvalue weighted by molar-refractivity contribution is 6.24. The van der Waals surface area contributed by atoms with Crippen molar-refractivity contribution < 1.29 is 43.9 Å². The average Bonchev–Trinajstić information content (AvgIpc) is 3.02. The van der Waals surface area contributed by atoms with Crippen LogP contribution in [0.2, 0.25) is 0 Å². The van der Waals surface area contributed by atoms with Gasteiger partial charge in [0, 0.05) is 30.1 Å². The second-order valence-corrected chi connectivity index (χ2v) is 12.7. The number of aliphatic hydroxyl groups is 3. The molecule has 0 radical (unpaired) electrons. The van der Waals surface area contributed by atoms with Gasteiger partial charge in [0.05, 0.1) is 18.7 Å². The summed E-state index contributed by atoms with van der Waals surface area (Å²) in [5.41, 5.74) is 5.04. The van der Waals surface area contributed by atoms with Crippen LogP contribution in [0.3, 0.4) is 0 Å². The summed E-state index contributed by atoms with van der Waals surface area (Å²) in [7, 11) is 4.62. The van der Waals surface area contributed by atoms with E-state index in [1.165, 1.54) is 30.2 Å². The van der Waals surface area contributed by atoms with E-state index in [-0.39, 0.29) is 35.5 Å². The summed E-state index contributed by atoms with van der Waals surface area (Å²) in [5, 5.41) is 48.9. The molecular weight excluding hydrogens is 621 g/mol. The maximum Gasteiger partial charge on any atom is 0.255 e. The minimum Gasteiger partial charge on any atom is -0.508 e. The second-order valence-electron chi connectivity index (χ2n) is 12.7. The zero-order valence-corrected chi connectivity index (χ0v) is 26.6. The van der Waals surface area contributed by atoms with Gasteiger partial charge in [0.25, 0.3) is 5.91 Å². The molecule has 3 aromatic rings. The summed E-state index contributed by atoms with van der Waals surface area (Å²) in [6.45, 7) is 0.866. The van der Waals surface area contributed by atoms with Gasteiger partial charge >= 0.3 is 0 Å². The lowest BCUT2D eigenvalue weighted by molar-refractivity contribution is -0.153. The van der Waals surface area contributed by atoms with E-state index in [1.54, 1.807) is 32.3 Å². The van der Waals surface area contributed by atoms with Crippen molar-refractivity contribution in [2.45, 2.75) is 37.6 Å². The number of halogens is 1. The van der Waals surface area contributed by atoms with Gasteiger partial charge in [0.1, 0.15) is 34.4 Å². The number of methoxy groups -OCH3 is 1. The van der Waals surface area contributed by atoms with Crippen LogP contribution in [0, 0.1) is 17.7 Å². The van der Waals surface area contributed by atoms with Crippen LogP contribution in [0.1, 0.15) is 28.7 Å². The first kappa shape index (κ1) is 32.9.